The summed E-state index contributed by atoms with van der Waals surface area (Å²) < 4.78 is 0. The van der Waals surface area contributed by atoms with Gasteiger partial charge in [-0.2, -0.15) is 0 Å². The van der Waals surface area contributed by atoms with Gasteiger partial charge in [-0.3, -0.25) is 14.5 Å². The Balaban J connectivity index is 2.64. The van der Waals surface area contributed by atoms with Crippen LogP contribution in [0.15, 0.2) is 0 Å². The number of likely N-dealkylation sites (N-methyl/N-ethyl adjacent to an activating group) is 1. The van der Waals surface area contributed by atoms with Crippen LogP contribution in [0.3, 0.4) is 0 Å². The van der Waals surface area contributed by atoms with Gasteiger partial charge in [-0.05, 0) is 39.2 Å². The maximum Gasteiger partial charge on any atom is 0.320 e. The third-order valence-electron chi connectivity index (χ3n) is 3.77. The van der Waals surface area contributed by atoms with Gasteiger partial charge in [0.1, 0.15) is 6.04 Å². The molecule has 1 saturated heterocycles. The van der Waals surface area contributed by atoms with Gasteiger partial charge in [-0.25, -0.2) is 0 Å². The highest BCUT2D eigenvalue weighted by molar-refractivity contribution is 5.80. The van der Waals surface area contributed by atoms with E-state index in [4.69, 9.17) is 0 Å². The van der Waals surface area contributed by atoms with Gasteiger partial charge in [-0.1, -0.05) is 6.92 Å². The Labute approximate surface area is 109 Å². The summed E-state index contributed by atoms with van der Waals surface area (Å²) in [4.78, 5) is 26.7. The third-order valence-corrected chi connectivity index (χ3v) is 3.77. The second-order valence-electron chi connectivity index (χ2n) is 5.55. The quantitative estimate of drug-likeness (QED) is 0.816. The lowest BCUT2D eigenvalue weighted by Gasteiger charge is -2.36. The first-order chi connectivity index (χ1) is 8.32. The first kappa shape index (κ1) is 15.0. The summed E-state index contributed by atoms with van der Waals surface area (Å²) >= 11 is 0. The van der Waals surface area contributed by atoms with E-state index in [2.05, 4.69) is 6.92 Å². The van der Waals surface area contributed by atoms with Crippen molar-refractivity contribution in [3.63, 3.8) is 0 Å². The zero-order chi connectivity index (χ0) is 13.9. The van der Waals surface area contributed by atoms with Crippen LogP contribution in [0.4, 0.5) is 0 Å². The maximum atomic E-state index is 12.0. The molecule has 0 aromatic carbocycles. The van der Waals surface area contributed by atoms with E-state index in [0.717, 1.165) is 6.42 Å². The summed E-state index contributed by atoms with van der Waals surface area (Å²) in [6.07, 6.45) is 1.59. The van der Waals surface area contributed by atoms with E-state index < -0.39 is 12.0 Å². The van der Waals surface area contributed by atoms with E-state index in [1.807, 2.05) is 13.8 Å². The Hall–Kier alpha value is -1.10. The van der Waals surface area contributed by atoms with Gasteiger partial charge in [0.25, 0.3) is 0 Å². The molecule has 0 aliphatic carbocycles. The summed E-state index contributed by atoms with van der Waals surface area (Å²) in [5.41, 5.74) is 0. The van der Waals surface area contributed by atoms with Gasteiger partial charge >= 0.3 is 5.97 Å². The molecule has 18 heavy (non-hydrogen) atoms. The highest BCUT2D eigenvalue weighted by atomic mass is 16.4. The number of rotatable bonds is 4. The molecule has 0 aromatic rings. The number of hydrogen-bond donors (Lipinski definition) is 1. The van der Waals surface area contributed by atoms with E-state index in [0.29, 0.717) is 18.9 Å². The van der Waals surface area contributed by atoms with Gasteiger partial charge in [-0.15, -0.1) is 0 Å². The summed E-state index contributed by atoms with van der Waals surface area (Å²) in [6.45, 7) is 6.86. The number of aliphatic carboxylic acids is 1. The minimum absolute atomic E-state index is 0.00852. The molecule has 2 atom stereocenters. The molecule has 1 N–H and O–H groups in total. The molecular weight excluding hydrogens is 232 g/mol. The number of piperidine rings is 1. The van der Waals surface area contributed by atoms with E-state index >= 15 is 0 Å². The second-order valence-corrected chi connectivity index (χ2v) is 5.55. The number of carbonyl (C=O) groups is 2. The molecule has 1 aliphatic heterocycles. The lowest BCUT2D eigenvalue weighted by atomic mass is 9.92. The fourth-order valence-electron chi connectivity index (χ4n) is 2.21. The summed E-state index contributed by atoms with van der Waals surface area (Å²) in [5, 5.41) is 9.22. The predicted molar refractivity (Wildman–Crippen MR) is 69.3 cm³/mol. The number of hydrogen-bond acceptors (Lipinski definition) is 3. The van der Waals surface area contributed by atoms with Crippen molar-refractivity contribution in [1.29, 1.82) is 0 Å². The van der Waals surface area contributed by atoms with Crippen molar-refractivity contribution in [2.24, 2.45) is 5.92 Å². The molecule has 104 valence electrons. The lowest BCUT2D eigenvalue weighted by Crippen LogP contribution is -2.51. The highest BCUT2D eigenvalue weighted by Gasteiger charge is 2.33. The average Bonchev–Trinajstić information content (AvgIpc) is 2.29. The standard InChI is InChI=1S/C13H24N2O3/c1-9(2)14(4)12(16)8-15-6-5-10(3)7-11(15)13(17)18/h9-11H,5-8H2,1-4H3,(H,17,18). The monoisotopic (exact) mass is 256 g/mol. The van der Waals surface area contributed by atoms with Crippen LogP contribution in [-0.2, 0) is 9.59 Å². The van der Waals surface area contributed by atoms with Gasteiger partial charge in [0.2, 0.25) is 5.91 Å². The highest BCUT2D eigenvalue weighted by Crippen LogP contribution is 2.22. The van der Waals surface area contributed by atoms with E-state index in [1.54, 1.807) is 16.8 Å². The number of nitrogens with zero attached hydrogens (tertiary/aromatic N) is 2. The minimum Gasteiger partial charge on any atom is -0.480 e. The van der Waals surface area contributed by atoms with Crippen LogP contribution < -0.4 is 0 Å². The molecular formula is C13H24N2O3. The van der Waals surface area contributed by atoms with Crippen molar-refractivity contribution in [1.82, 2.24) is 9.80 Å². The van der Waals surface area contributed by atoms with Crippen LogP contribution in [0.1, 0.15) is 33.6 Å². The third kappa shape index (κ3) is 3.70. The van der Waals surface area contributed by atoms with Crippen molar-refractivity contribution in [2.45, 2.75) is 45.7 Å². The first-order valence-corrected chi connectivity index (χ1v) is 6.55. The molecule has 1 aliphatic rings. The van der Waals surface area contributed by atoms with Gasteiger partial charge < -0.3 is 10.0 Å². The van der Waals surface area contributed by atoms with E-state index in [9.17, 15) is 14.7 Å². The fraction of sp³-hybridized carbons (Fsp3) is 0.846. The number of carboxylic acid groups (broad SMARTS) is 1. The smallest absolute Gasteiger partial charge is 0.320 e. The van der Waals surface area contributed by atoms with Crippen molar-refractivity contribution in [3.05, 3.63) is 0 Å². The van der Waals surface area contributed by atoms with E-state index in [1.165, 1.54) is 0 Å². The predicted octanol–water partition coefficient (Wildman–Crippen LogP) is 1.04. The minimum atomic E-state index is -0.818. The largest absolute Gasteiger partial charge is 0.480 e. The van der Waals surface area contributed by atoms with Crippen LogP contribution in [0.25, 0.3) is 0 Å². The molecule has 0 spiro atoms. The molecule has 0 aromatic heterocycles. The summed E-state index contributed by atoms with van der Waals surface area (Å²) in [6, 6.07) is -0.372. The molecule has 0 bridgehead atoms. The normalized spacial score (nSPS) is 25.2. The first-order valence-electron chi connectivity index (χ1n) is 6.55. The van der Waals surface area contributed by atoms with E-state index in [-0.39, 0.29) is 18.5 Å². The Morgan fingerprint density at radius 2 is 2.06 bits per heavy atom. The number of carbonyl (C=O) groups excluding carboxylic acids is 1. The van der Waals surface area contributed by atoms with Crippen molar-refractivity contribution < 1.29 is 14.7 Å². The maximum absolute atomic E-state index is 12.0. The number of likely N-dealkylation sites (tertiary alicyclic amines) is 1. The lowest BCUT2D eigenvalue weighted by molar-refractivity contribution is -0.147. The summed E-state index contributed by atoms with van der Waals surface area (Å²) in [5.74, 6) is -0.410. The van der Waals surface area contributed by atoms with Crippen LogP contribution in [-0.4, -0.2) is 59.0 Å². The Morgan fingerprint density at radius 3 is 2.56 bits per heavy atom. The molecule has 5 heteroatoms. The van der Waals surface area contributed by atoms with Gasteiger partial charge in [0.05, 0.1) is 6.54 Å². The zero-order valence-corrected chi connectivity index (χ0v) is 11.7. The van der Waals surface area contributed by atoms with Crippen molar-refractivity contribution in [2.75, 3.05) is 20.1 Å². The molecule has 0 saturated carbocycles. The average molecular weight is 256 g/mol. The van der Waals surface area contributed by atoms with Gasteiger partial charge in [0.15, 0.2) is 0 Å². The van der Waals surface area contributed by atoms with Crippen LogP contribution >= 0.6 is 0 Å². The molecule has 1 fully saturated rings. The molecule has 2 unspecified atom stereocenters. The molecule has 1 rings (SSSR count). The molecule has 0 radical (unpaired) electrons. The fourth-order valence-corrected chi connectivity index (χ4v) is 2.21. The molecule has 1 heterocycles. The Bertz CT molecular complexity index is 317. The topological polar surface area (TPSA) is 60.9 Å². The number of carboxylic acids is 1. The van der Waals surface area contributed by atoms with Gasteiger partial charge in [0, 0.05) is 13.1 Å². The SMILES string of the molecule is CC1CCN(CC(=O)N(C)C(C)C)C(C(=O)O)C1. The van der Waals surface area contributed by atoms with Crippen LogP contribution in [0.2, 0.25) is 0 Å². The second kappa shape index (κ2) is 6.18. The van der Waals surface area contributed by atoms with Crippen molar-refractivity contribution >= 4 is 11.9 Å². The van der Waals surface area contributed by atoms with Crippen molar-refractivity contribution in [3.8, 4) is 0 Å². The van der Waals surface area contributed by atoms with Crippen LogP contribution in [0.5, 0.6) is 0 Å². The molecule has 1 amide bonds. The Morgan fingerprint density at radius 1 is 1.44 bits per heavy atom. The zero-order valence-electron chi connectivity index (χ0n) is 11.7. The molecule has 5 nitrogen and oxygen atoms in total. The van der Waals surface area contributed by atoms with Crippen LogP contribution in [0, 0.1) is 5.92 Å². The summed E-state index contributed by atoms with van der Waals surface area (Å²) in [7, 11) is 1.76. The number of amides is 1. The Kier molecular flexibility index (Phi) is 5.14.